The van der Waals surface area contributed by atoms with Gasteiger partial charge in [0.2, 0.25) is 0 Å². The van der Waals surface area contributed by atoms with Crippen LogP contribution in [-0.2, 0) is 4.74 Å². The molecule has 0 aromatic heterocycles. The number of carboxylic acids is 1. The number of carboxylic acid groups (broad SMARTS) is 1. The van der Waals surface area contributed by atoms with Crippen LogP contribution in [0.4, 0.5) is 5.69 Å². The summed E-state index contributed by atoms with van der Waals surface area (Å²) in [5, 5.41) is 8.88. The van der Waals surface area contributed by atoms with E-state index in [1.54, 1.807) is 12.1 Å². The number of hydrogen-bond acceptors (Lipinski definition) is 4. The van der Waals surface area contributed by atoms with Crippen molar-refractivity contribution in [1.82, 2.24) is 0 Å². The van der Waals surface area contributed by atoms with Gasteiger partial charge in [0.1, 0.15) is 0 Å². The first-order valence-electron chi connectivity index (χ1n) is 5.35. The Bertz CT molecular complexity index is 405. The third kappa shape index (κ3) is 3.75. The van der Waals surface area contributed by atoms with E-state index in [-0.39, 0.29) is 24.3 Å². The minimum Gasteiger partial charge on any atom is -0.870 e. The van der Waals surface area contributed by atoms with Gasteiger partial charge in [-0.1, -0.05) is 0 Å². The summed E-state index contributed by atoms with van der Waals surface area (Å²) in [4.78, 5) is 13.0. The van der Waals surface area contributed by atoms with Crippen LogP contribution in [0.2, 0.25) is 0 Å². The topological polar surface area (TPSA) is 79.8 Å². The fraction of sp³-hybridized carbons (Fsp3) is 0.417. The molecule has 18 heavy (non-hydrogen) atoms. The molecule has 0 amide bonds. The van der Waals surface area contributed by atoms with Crippen LogP contribution in [0.15, 0.2) is 18.2 Å². The second-order valence-corrected chi connectivity index (χ2v) is 3.91. The smallest absolute Gasteiger partial charge is 0.870 e. The first-order valence-corrected chi connectivity index (χ1v) is 5.35. The van der Waals surface area contributed by atoms with E-state index in [2.05, 4.69) is 4.90 Å². The zero-order chi connectivity index (χ0) is 11.5. The molecule has 1 saturated heterocycles. The van der Waals surface area contributed by atoms with E-state index >= 15 is 0 Å². The van der Waals surface area contributed by atoms with Gasteiger partial charge >= 0.3 is 24.8 Å². The molecule has 1 aromatic carbocycles. The molecule has 0 saturated carbocycles. The zero-order valence-corrected chi connectivity index (χ0v) is 10.7. The van der Waals surface area contributed by atoms with E-state index in [0.717, 1.165) is 37.6 Å². The van der Waals surface area contributed by atoms with Crippen LogP contribution in [0.3, 0.4) is 0 Å². The summed E-state index contributed by atoms with van der Waals surface area (Å²) in [5.74, 6) is -0.878. The fourth-order valence-corrected chi connectivity index (χ4v) is 1.95. The molecule has 1 fully saturated rings. The van der Waals surface area contributed by atoms with Gasteiger partial charge < -0.3 is 20.2 Å². The van der Waals surface area contributed by atoms with Gasteiger partial charge in [-0.2, -0.15) is 0 Å². The molecular formula is C12H16LiNO4. The van der Waals surface area contributed by atoms with Crippen molar-refractivity contribution in [2.45, 2.75) is 6.92 Å². The second kappa shape index (κ2) is 7.44. The molecule has 1 heterocycles. The van der Waals surface area contributed by atoms with Gasteiger partial charge in [-0.25, -0.2) is 4.79 Å². The maximum atomic E-state index is 10.8. The van der Waals surface area contributed by atoms with Crippen LogP contribution >= 0.6 is 0 Å². The Morgan fingerprint density at radius 1 is 1.33 bits per heavy atom. The van der Waals surface area contributed by atoms with E-state index in [1.807, 2.05) is 13.0 Å². The standard InChI is InChI=1S/C12H15NO3.Li.H2O/c1-9-8-10(12(14)15)2-3-11(9)13-4-6-16-7-5-13;;/h2-3,8H,4-7H2,1H3,(H,14,15);;1H2/q;+1;/p-1. The van der Waals surface area contributed by atoms with Gasteiger partial charge in [-0.3, -0.25) is 0 Å². The number of carbonyl (C=O) groups is 1. The van der Waals surface area contributed by atoms with Crippen LogP contribution in [0, 0.1) is 6.92 Å². The summed E-state index contributed by atoms with van der Waals surface area (Å²) in [7, 11) is 0. The SMILES string of the molecule is Cc1cc(C(=O)O)ccc1N1CCOCC1.[Li+].[OH-]. The molecule has 0 bridgehead atoms. The van der Waals surface area contributed by atoms with Crippen molar-refractivity contribution in [2.75, 3.05) is 31.2 Å². The largest absolute Gasteiger partial charge is 1.00 e. The van der Waals surface area contributed by atoms with Crippen molar-refractivity contribution >= 4 is 11.7 Å². The summed E-state index contributed by atoms with van der Waals surface area (Å²) < 4.78 is 5.29. The predicted molar refractivity (Wildman–Crippen MR) is 63.1 cm³/mol. The van der Waals surface area contributed by atoms with Crippen molar-refractivity contribution in [2.24, 2.45) is 0 Å². The molecule has 0 aliphatic carbocycles. The molecule has 0 spiro atoms. The molecular weight excluding hydrogens is 229 g/mol. The minimum absolute atomic E-state index is 0. The molecule has 0 atom stereocenters. The fourth-order valence-electron chi connectivity index (χ4n) is 1.95. The molecule has 1 aromatic rings. The molecule has 2 rings (SSSR count). The quantitative estimate of drug-likeness (QED) is 0.632. The van der Waals surface area contributed by atoms with Crippen LogP contribution in [0.5, 0.6) is 0 Å². The number of morpholine rings is 1. The van der Waals surface area contributed by atoms with Gasteiger partial charge in [0.15, 0.2) is 0 Å². The van der Waals surface area contributed by atoms with Crippen LogP contribution in [-0.4, -0.2) is 42.9 Å². The van der Waals surface area contributed by atoms with E-state index in [9.17, 15) is 4.79 Å². The van der Waals surface area contributed by atoms with Crippen molar-refractivity contribution in [3.05, 3.63) is 29.3 Å². The molecule has 0 radical (unpaired) electrons. The predicted octanol–water partition coefficient (Wildman–Crippen LogP) is -1.64. The van der Waals surface area contributed by atoms with Gasteiger partial charge in [0.05, 0.1) is 18.8 Å². The average Bonchev–Trinajstić information content (AvgIpc) is 2.30. The van der Waals surface area contributed by atoms with E-state index in [1.165, 1.54) is 0 Å². The summed E-state index contributed by atoms with van der Waals surface area (Å²) in [5.41, 5.74) is 2.45. The summed E-state index contributed by atoms with van der Waals surface area (Å²) in [6.07, 6.45) is 0. The number of nitrogens with zero attached hydrogens (tertiary/aromatic N) is 1. The number of aromatic carboxylic acids is 1. The van der Waals surface area contributed by atoms with Crippen LogP contribution < -0.4 is 23.8 Å². The molecule has 2 N–H and O–H groups in total. The molecule has 1 aliphatic rings. The number of rotatable bonds is 2. The molecule has 94 valence electrons. The third-order valence-corrected chi connectivity index (χ3v) is 2.80. The minimum atomic E-state index is -0.878. The maximum absolute atomic E-state index is 10.8. The Balaban J connectivity index is 0.00000144. The van der Waals surface area contributed by atoms with E-state index in [4.69, 9.17) is 9.84 Å². The summed E-state index contributed by atoms with van der Waals surface area (Å²) >= 11 is 0. The number of aryl methyl sites for hydroxylation is 1. The maximum Gasteiger partial charge on any atom is 1.00 e. The Morgan fingerprint density at radius 2 is 1.94 bits per heavy atom. The molecule has 0 unspecified atom stereocenters. The Hall–Kier alpha value is -0.993. The Labute approximate surface area is 118 Å². The first-order chi connectivity index (χ1) is 7.68. The van der Waals surface area contributed by atoms with E-state index < -0.39 is 5.97 Å². The van der Waals surface area contributed by atoms with Gasteiger partial charge in [-0.15, -0.1) is 0 Å². The number of hydrogen-bond donors (Lipinski definition) is 1. The molecule has 6 heteroatoms. The van der Waals surface area contributed by atoms with Gasteiger partial charge in [0.25, 0.3) is 0 Å². The van der Waals surface area contributed by atoms with Crippen molar-refractivity contribution in [1.29, 1.82) is 0 Å². The van der Waals surface area contributed by atoms with E-state index in [0.29, 0.717) is 5.56 Å². The monoisotopic (exact) mass is 245 g/mol. The Kier molecular flexibility index (Phi) is 7.03. The van der Waals surface area contributed by atoms with Gasteiger partial charge in [-0.05, 0) is 30.7 Å². The Morgan fingerprint density at radius 3 is 2.44 bits per heavy atom. The van der Waals surface area contributed by atoms with Crippen LogP contribution in [0.1, 0.15) is 15.9 Å². The van der Waals surface area contributed by atoms with Crippen molar-refractivity contribution in [3.63, 3.8) is 0 Å². The van der Waals surface area contributed by atoms with Crippen LogP contribution in [0.25, 0.3) is 0 Å². The molecule has 1 aliphatic heterocycles. The third-order valence-electron chi connectivity index (χ3n) is 2.80. The average molecular weight is 245 g/mol. The van der Waals surface area contributed by atoms with Crippen molar-refractivity contribution < 1.29 is 39.0 Å². The van der Waals surface area contributed by atoms with Gasteiger partial charge in [0, 0.05) is 18.8 Å². The number of benzene rings is 1. The zero-order valence-electron chi connectivity index (χ0n) is 10.7. The first kappa shape index (κ1) is 17.0. The summed E-state index contributed by atoms with van der Waals surface area (Å²) in [6.45, 7) is 5.15. The molecule has 5 nitrogen and oxygen atoms in total. The number of anilines is 1. The second-order valence-electron chi connectivity index (χ2n) is 3.91. The normalized spacial score (nSPS) is 14.4. The number of ether oxygens (including phenoxy) is 1. The summed E-state index contributed by atoms with van der Waals surface area (Å²) in [6, 6.07) is 5.25. The van der Waals surface area contributed by atoms with Crippen molar-refractivity contribution in [3.8, 4) is 0 Å².